The van der Waals surface area contributed by atoms with Crippen LogP contribution in [-0.2, 0) is 6.54 Å². The Morgan fingerprint density at radius 3 is 2.62 bits per heavy atom. The minimum atomic E-state index is -0.165. The lowest BCUT2D eigenvalue weighted by Gasteiger charge is -2.30. The van der Waals surface area contributed by atoms with Gasteiger partial charge in [0.05, 0.1) is 0 Å². The van der Waals surface area contributed by atoms with Crippen molar-refractivity contribution in [1.82, 2.24) is 4.90 Å². The molecule has 1 aliphatic carbocycles. The Labute approximate surface area is 132 Å². The fourth-order valence-corrected chi connectivity index (χ4v) is 3.28. The molecule has 21 heavy (non-hydrogen) atoms. The Balaban J connectivity index is 2.18. The van der Waals surface area contributed by atoms with E-state index in [1.165, 1.54) is 31.7 Å². The largest absolute Gasteiger partial charge is 0.389 e. The van der Waals surface area contributed by atoms with Crippen LogP contribution in [0.3, 0.4) is 0 Å². The molecule has 1 fully saturated rings. The summed E-state index contributed by atoms with van der Waals surface area (Å²) in [5, 5.41) is 0. The van der Waals surface area contributed by atoms with Crippen LogP contribution in [0, 0.1) is 11.7 Å². The molecule has 2 rings (SSSR count). The average Bonchev–Trinajstić information content (AvgIpc) is 2.93. The van der Waals surface area contributed by atoms with Crippen LogP contribution < -0.4 is 5.73 Å². The smallest absolute Gasteiger partial charge is 0.127 e. The van der Waals surface area contributed by atoms with Gasteiger partial charge in [-0.3, -0.25) is 4.90 Å². The molecule has 0 aliphatic heterocycles. The maximum absolute atomic E-state index is 14.1. The third-order valence-corrected chi connectivity index (χ3v) is 4.38. The van der Waals surface area contributed by atoms with Gasteiger partial charge in [0.2, 0.25) is 0 Å². The summed E-state index contributed by atoms with van der Waals surface area (Å²) >= 11 is 5.00. The zero-order valence-electron chi connectivity index (χ0n) is 12.9. The number of nitrogens with two attached hydrogens (primary N) is 1. The van der Waals surface area contributed by atoms with Crippen LogP contribution in [0.1, 0.15) is 50.7 Å². The van der Waals surface area contributed by atoms with E-state index < -0.39 is 0 Å². The molecule has 1 aromatic carbocycles. The summed E-state index contributed by atoms with van der Waals surface area (Å²) in [5.41, 5.74) is 7.11. The summed E-state index contributed by atoms with van der Waals surface area (Å²) in [7, 11) is 0. The van der Waals surface area contributed by atoms with Crippen molar-refractivity contribution in [1.29, 1.82) is 0 Å². The molecule has 116 valence electrons. The summed E-state index contributed by atoms with van der Waals surface area (Å²) in [6.07, 6.45) is 5.02. The van der Waals surface area contributed by atoms with Gasteiger partial charge in [0.15, 0.2) is 0 Å². The third kappa shape index (κ3) is 4.48. The summed E-state index contributed by atoms with van der Waals surface area (Å²) in [6.45, 7) is 6.07. The first kappa shape index (κ1) is 16.4. The highest BCUT2D eigenvalue weighted by Crippen LogP contribution is 2.26. The Hall–Kier alpha value is -1.00. The van der Waals surface area contributed by atoms with E-state index in [1.54, 1.807) is 12.1 Å². The number of hydrogen-bond donors (Lipinski definition) is 1. The van der Waals surface area contributed by atoms with E-state index in [0.29, 0.717) is 29.1 Å². The molecule has 1 aliphatic rings. The quantitative estimate of drug-likeness (QED) is 0.809. The Kier molecular flexibility index (Phi) is 5.71. The Morgan fingerprint density at radius 2 is 2.05 bits per heavy atom. The molecular weight excluding hydrogens is 283 g/mol. The van der Waals surface area contributed by atoms with Crippen LogP contribution in [0.2, 0.25) is 0 Å². The van der Waals surface area contributed by atoms with Gasteiger partial charge in [-0.1, -0.05) is 38.9 Å². The fourth-order valence-electron chi connectivity index (χ4n) is 3.15. The Bertz CT molecular complexity index is 496. The molecule has 0 atom stereocenters. The number of halogens is 1. The van der Waals surface area contributed by atoms with Crippen molar-refractivity contribution in [3.63, 3.8) is 0 Å². The third-order valence-electron chi connectivity index (χ3n) is 4.14. The molecule has 2 N–H and O–H groups in total. The van der Waals surface area contributed by atoms with Crippen LogP contribution in [0.4, 0.5) is 4.39 Å². The molecule has 1 saturated carbocycles. The van der Waals surface area contributed by atoms with Crippen LogP contribution in [0.15, 0.2) is 18.2 Å². The predicted octanol–water partition coefficient (Wildman–Crippen LogP) is 3.86. The van der Waals surface area contributed by atoms with Crippen molar-refractivity contribution in [3.8, 4) is 0 Å². The zero-order valence-corrected chi connectivity index (χ0v) is 13.8. The number of nitrogens with zero attached hydrogens (tertiary/aromatic N) is 1. The van der Waals surface area contributed by atoms with Crippen molar-refractivity contribution in [2.75, 3.05) is 6.54 Å². The van der Waals surface area contributed by atoms with Crippen molar-refractivity contribution in [2.45, 2.75) is 52.1 Å². The molecule has 2 nitrogen and oxygen atoms in total. The summed E-state index contributed by atoms with van der Waals surface area (Å²) in [4.78, 5) is 2.76. The average molecular weight is 308 g/mol. The number of rotatable bonds is 6. The van der Waals surface area contributed by atoms with Crippen LogP contribution in [0.25, 0.3) is 0 Å². The molecular formula is C17H25FN2S. The Morgan fingerprint density at radius 1 is 1.38 bits per heavy atom. The highest BCUT2D eigenvalue weighted by Gasteiger charge is 2.24. The van der Waals surface area contributed by atoms with Gasteiger partial charge in [-0.2, -0.15) is 0 Å². The van der Waals surface area contributed by atoms with Gasteiger partial charge in [-0.15, -0.1) is 0 Å². The maximum atomic E-state index is 14.1. The molecule has 0 spiro atoms. The van der Waals surface area contributed by atoms with Gasteiger partial charge in [0, 0.05) is 30.3 Å². The van der Waals surface area contributed by atoms with Gasteiger partial charge in [-0.25, -0.2) is 4.39 Å². The lowest BCUT2D eigenvalue weighted by atomic mass is 10.1. The first-order chi connectivity index (χ1) is 9.97. The van der Waals surface area contributed by atoms with Crippen molar-refractivity contribution in [3.05, 3.63) is 35.1 Å². The number of thiocarbonyl (C=S) groups is 1. The van der Waals surface area contributed by atoms with Gasteiger partial charge >= 0.3 is 0 Å². The first-order valence-corrected chi connectivity index (χ1v) is 8.20. The molecule has 0 heterocycles. The van der Waals surface area contributed by atoms with Crippen molar-refractivity contribution >= 4 is 17.2 Å². The molecule has 4 heteroatoms. The summed E-state index contributed by atoms with van der Waals surface area (Å²) in [6, 6.07) is 5.52. The van der Waals surface area contributed by atoms with Gasteiger partial charge < -0.3 is 5.73 Å². The predicted molar refractivity (Wildman–Crippen MR) is 89.8 cm³/mol. The van der Waals surface area contributed by atoms with E-state index in [1.807, 2.05) is 0 Å². The van der Waals surface area contributed by atoms with Crippen LogP contribution in [-0.4, -0.2) is 22.5 Å². The van der Waals surface area contributed by atoms with Crippen molar-refractivity contribution in [2.24, 2.45) is 11.7 Å². The topological polar surface area (TPSA) is 29.3 Å². The molecule has 0 saturated heterocycles. The van der Waals surface area contributed by atoms with E-state index in [4.69, 9.17) is 18.0 Å². The maximum Gasteiger partial charge on any atom is 0.127 e. The number of benzene rings is 1. The zero-order chi connectivity index (χ0) is 15.4. The molecule has 0 amide bonds. The second kappa shape index (κ2) is 7.32. The SMILES string of the molecule is CC(C)CN(Cc1cc(C(N)=S)ccc1F)C1CCCC1. The lowest BCUT2D eigenvalue weighted by Crippen LogP contribution is -2.36. The fraction of sp³-hybridized carbons (Fsp3) is 0.588. The van der Waals surface area contributed by atoms with Gasteiger partial charge in [0.25, 0.3) is 0 Å². The van der Waals surface area contributed by atoms with E-state index in [2.05, 4.69) is 18.7 Å². The summed E-state index contributed by atoms with van der Waals surface area (Å²) < 4.78 is 14.1. The molecule has 0 bridgehead atoms. The second-order valence-electron chi connectivity index (χ2n) is 6.43. The first-order valence-electron chi connectivity index (χ1n) is 7.79. The van der Waals surface area contributed by atoms with E-state index in [-0.39, 0.29) is 5.82 Å². The molecule has 0 aromatic heterocycles. The van der Waals surface area contributed by atoms with Crippen LogP contribution in [0.5, 0.6) is 0 Å². The van der Waals surface area contributed by atoms with E-state index in [0.717, 1.165) is 12.1 Å². The second-order valence-corrected chi connectivity index (χ2v) is 6.87. The van der Waals surface area contributed by atoms with Crippen LogP contribution >= 0.6 is 12.2 Å². The minimum Gasteiger partial charge on any atom is -0.389 e. The van der Waals surface area contributed by atoms with E-state index >= 15 is 0 Å². The van der Waals surface area contributed by atoms with Gasteiger partial charge in [0.1, 0.15) is 10.8 Å². The normalized spacial score (nSPS) is 16.0. The highest BCUT2D eigenvalue weighted by atomic mass is 32.1. The standard InChI is InChI=1S/C17H25FN2S/c1-12(2)10-20(15-5-3-4-6-15)11-14-9-13(17(19)21)7-8-16(14)18/h7-9,12,15H,3-6,10-11H2,1-2H3,(H2,19,21). The van der Waals surface area contributed by atoms with Crippen molar-refractivity contribution < 1.29 is 4.39 Å². The minimum absolute atomic E-state index is 0.165. The monoisotopic (exact) mass is 308 g/mol. The lowest BCUT2D eigenvalue weighted by molar-refractivity contribution is 0.166. The van der Waals surface area contributed by atoms with E-state index in [9.17, 15) is 4.39 Å². The van der Waals surface area contributed by atoms with Gasteiger partial charge in [-0.05, 0) is 37.0 Å². The molecule has 0 radical (unpaired) electrons. The molecule has 0 unspecified atom stereocenters. The highest BCUT2D eigenvalue weighted by molar-refractivity contribution is 7.80. The molecule has 1 aromatic rings. The number of hydrogen-bond acceptors (Lipinski definition) is 2. The summed E-state index contributed by atoms with van der Waals surface area (Å²) in [5.74, 6) is 0.411.